The molecule has 0 amide bonds. The lowest BCUT2D eigenvalue weighted by Crippen LogP contribution is -2.36. The van der Waals surface area contributed by atoms with Crippen molar-refractivity contribution in [1.82, 2.24) is 4.31 Å². The molecule has 0 bridgehead atoms. The van der Waals surface area contributed by atoms with Gasteiger partial charge in [-0.1, -0.05) is 18.2 Å². The number of sulfonamides is 1. The third-order valence-corrected chi connectivity index (χ3v) is 5.62. The molecule has 0 unspecified atom stereocenters. The number of nitrogens with zero attached hydrogens (tertiary/aromatic N) is 1. The Balaban J connectivity index is 1.97. The lowest BCUT2D eigenvalue weighted by Gasteiger charge is -2.28. The van der Waals surface area contributed by atoms with E-state index in [0.29, 0.717) is 13.0 Å². The van der Waals surface area contributed by atoms with Gasteiger partial charge in [-0.05, 0) is 41.8 Å². The number of nitrogens with two attached hydrogens (primary N) is 1. The smallest absolute Gasteiger partial charge is 0.245 e. The SMILES string of the molecule is Nc1ccccc1S(=O)(=O)N1CCc2ccc(O)cc2C1. The van der Waals surface area contributed by atoms with E-state index in [1.165, 1.54) is 10.4 Å². The quantitative estimate of drug-likeness (QED) is 0.828. The molecule has 3 rings (SSSR count). The number of nitrogen functional groups attached to an aromatic ring is 1. The van der Waals surface area contributed by atoms with Crippen LogP contribution >= 0.6 is 0 Å². The Bertz CT molecular complexity index is 787. The van der Waals surface area contributed by atoms with Crippen LogP contribution in [0.2, 0.25) is 0 Å². The Morgan fingerprint density at radius 3 is 2.62 bits per heavy atom. The Morgan fingerprint density at radius 1 is 1.10 bits per heavy atom. The molecule has 1 aliphatic heterocycles. The number of phenols is 1. The van der Waals surface area contributed by atoms with Gasteiger partial charge in [-0.25, -0.2) is 8.42 Å². The molecule has 5 nitrogen and oxygen atoms in total. The first-order valence-electron chi connectivity index (χ1n) is 6.64. The molecule has 0 aromatic heterocycles. The van der Waals surface area contributed by atoms with Crippen LogP contribution in [-0.4, -0.2) is 24.4 Å². The summed E-state index contributed by atoms with van der Waals surface area (Å²) in [5, 5.41) is 9.55. The van der Waals surface area contributed by atoms with E-state index in [0.717, 1.165) is 11.1 Å². The maximum absolute atomic E-state index is 12.7. The van der Waals surface area contributed by atoms with Gasteiger partial charge in [0.1, 0.15) is 10.6 Å². The molecule has 0 radical (unpaired) electrons. The first kappa shape index (κ1) is 13.9. The van der Waals surface area contributed by atoms with E-state index in [1.54, 1.807) is 30.3 Å². The van der Waals surface area contributed by atoms with Crippen molar-refractivity contribution in [2.45, 2.75) is 17.9 Å². The summed E-state index contributed by atoms with van der Waals surface area (Å²) < 4.78 is 26.8. The van der Waals surface area contributed by atoms with Crippen LogP contribution < -0.4 is 5.73 Å². The summed E-state index contributed by atoms with van der Waals surface area (Å²) in [6, 6.07) is 11.5. The van der Waals surface area contributed by atoms with Gasteiger partial charge in [0.2, 0.25) is 10.0 Å². The second-order valence-corrected chi connectivity index (χ2v) is 6.99. The van der Waals surface area contributed by atoms with Crippen molar-refractivity contribution in [2.75, 3.05) is 12.3 Å². The lowest BCUT2D eigenvalue weighted by atomic mass is 10.0. The molecule has 1 aliphatic rings. The molecule has 0 aliphatic carbocycles. The monoisotopic (exact) mass is 304 g/mol. The summed E-state index contributed by atoms with van der Waals surface area (Å²) >= 11 is 0. The van der Waals surface area contributed by atoms with Gasteiger partial charge in [0, 0.05) is 13.1 Å². The van der Waals surface area contributed by atoms with Gasteiger partial charge in [-0.15, -0.1) is 0 Å². The Morgan fingerprint density at radius 2 is 1.86 bits per heavy atom. The highest BCUT2D eigenvalue weighted by Crippen LogP contribution is 2.29. The number of phenolic OH excluding ortho intramolecular Hbond substituents is 1. The van der Waals surface area contributed by atoms with Crippen molar-refractivity contribution in [3.63, 3.8) is 0 Å². The molecule has 1 heterocycles. The highest BCUT2D eigenvalue weighted by atomic mass is 32.2. The molecule has 0 atom stereocenters. The Hall–Kier alpha value is -2.05. The van der Waals surface area contributed by atoms with Crippen LogP contribution in [0.25, 0.3) is 0 Å². The fourth-order valence-corrected chi connectivity index (χ4v) is 4.11. The molecule has 2 aromatic carbocycles. The number of rotatable bonds is 2. The minimum Gasteiger partial charge on any atom is -0.508 e. The van der Waals surface area contributed by atoms with Gasteiger partial charge >= 0.3 is 0 Å². The summed E-state index contributed by atoms with van der Waals surface area (Å²) in [4.78, 5) is 0.133. The van der Waals surface area contributed by atoms with Crippen molar-refractivity contribution in [2.24, 2.45) is 0 Å². The maximum atomic E-state index is 12.7. The van der Waals surface area contributed by atoms with Crippen LogP contribution in [0.5, 0.6) is 5.75 Å². The van der Waals surface area contributed by atoms with Crippen molar-refractivity contribution >= 4 is 15.7 Å². The third-order valence-electron chi connectivity index (χ3n) is 3.70. The molecule has 110 valence electrons. The first-order valence-corrected chi connectivity index (χ1v) is 8.08. The fourth-order valence-electron chi connectivity index (χ4n) is 2.58. The number of anilines is 1. The zero-order valence-corrected chi connectivity index (χ0v) is 12.2. The molecule has 0 fully saturated rings. The van der Waals surface area contributed by atoms with E-state index >= 15 is 0 Å². The molecular formula is C15H16N2O3S. The summed E-state index contributed by atoms with van der Waals surface area (Å²) in [6.45, 7) is 0.662. The zero-order valence-electron chi connectivity index (χ0n) is 11.4. The maximum Gasteiger partial charge on any atom is 0.245 e. The van der Waals surface area contributed by atoms with Crippen molar-refractivity contribution in [3.05, 3.63) is 53.6 Å². The minimum atomic E-state index is -3.62. The number of benzene rings is 2. The highest BCUT2D eigenvalue weighted by molar-refractivity contribution is 7.89. The molecule has 21 heavy (non-hydrogen) atoms. The third kappa shape index (κ3) is 2.48. The van der Waals surface area contributed by atoms with Gasteiger partial charge in [0.15, 0.2) is 0 Å². The number of hydrogen-bond acceptors (Lipinski definition) is 4. The van der Waals surface area contributed by atoms with Crippen LogP contribution in [0.1, 0.15) is 11.1 Å². The van der Waals surface area contributed by atoms with Crippen molar-refractivity contribution < 1.29 is 13.5 Å². The number of hydrogen-bond donors (Lipinski definition) is 2. The summed E-state index contributed by atoms with van der Waals surface area (Å²) in [7, 11) is -3.62. The van der Waals surface area contributed by atoms with E-state index < -0.39 is 10.0 Å². The van der Waals surface area contributed by atoms with E-state index in [9.17, 15) is 13.5 Å². The molecule has 3 N–H and O–H groups in total. The molecule has 0 spiro atoms. The molecular weight excluding hydrogens is 288 g/mol. The van der Waals surface area contributed by atoms with E-state index in [1.807, 2.05) is 6.07 Å². The largest absolute Gasteiger partial charge is 0.508 e. The number of para-hydroxylation sites is 1. The average molecular weight is 304 g/mol. The predicted molar refractivity (Wildman–Crippen MR) is 80.3 cm³/mol. The summed E-state index contributed by atoms with van der Waals surface area (Å²) in [6.07, 6.45) is 0.627. The van der Waals surface area contributed by atoms with Gasteiger partial charge in [-0.2, -0.15) is 4.31 Å². The predicted octanol–water partition coefficient (Wildman–Crippen LogP) is 1.72. The van der Waals surface area contributed by atoms with Crippen LogP contribution in [0.15, 0.2) is 47.4 Å². The first-order chi connectivity index (χ1) is 9.98. The van der Waals surface area contributed by atoms with E-state index in [-0.39, 0.29) is 22.9 Å². The topological polar surface area (TPSA) is 83.6 Å². The summed E-state index contributed by atoms with van der Waals surface area (Å²) in [5.41, 5.74) is 7.94. The van der Waals surface area contributed by atoms with Crippen LogP contribution in [0, 0.1) is 0 Å². The molecule has 0 saturated carbocycles. The number of aromatic hydroxyl groups is 1. The highest BCUT2D eigenvalue weighted by Gasteiger charge is 2.29. The second-order valence-electron chi connectivity index (χ2n) is 5.08. The summed E-state index contributed by atoms with van der Waals surface area (Å²) in [5.74, 6) is 0.146. The number of fused-ring (bicyclic) bond motifs is 1. The molecule has 6 heteroatoms. The van der Waals surface area contributed by atoms with Crippen LogP contribution in [0.4, 0.5) is 5.69 Å². The van der Waals surface area contributed by atoms with Gasteiger partial charge < -0.3 is 10.8 Å². The Kier molecular flexibility index (Phi) is 3.35. The van der Waals surface area contributed by atoms with Crippen molar-refractivity contribution in [1.29, 1.82) is 0 Å². The minimum absolute atomic E-state index is 0.133. The van der Waals surface area contributed by atoms with Gasteiger partial charge in [0.05, 0.1) is 5.69 Å². The van der Waals surface area contributed by atoms with Crippen LogP contribution in [-0.2, 0) is 23.0 Å². The van der Waals surface area contributed by atoms with Crippen molar-refractivity contribution in [3.8, 4) is 5.75 Å². The lowest BCUT2D eigenvalue weighted by molar-refractivity contribution is 0.389. The fraction of sp³-hybridized carbons (Fsp3) is 0.200. The Labute approximate surface area is 123 Å². The van der Waals surface area contributed by atoms with E-state index in [2.05, 4.69) is 0 Å². The van der Waals surface area contributed by atoms with Gasteiger partial charge in [0.25, 0.3) is 0 Å². The van der Waals surface area contributed by atoms with Gasteiger partial charge in [-0.3, -0.25) is 0 Å². The average Bonchev–Trinajstić information content (AvgIpc) is 2.46. The molecule has 0 saturated heterocycles. The second kappa shape index (κ2) is 5.05. The standard InChI is InChI=1S/C15H16N2O3S/c16-14-3-1-2-4-15(14)21(19,20)17-8-7-11-5-6-13(18)9-12(11)10-17/h1-6,9,18H,7-8,10,16H2. The molecule has 2 aromatic rings. The zero-order chi connectivity index (χ0) is 15.0. The van der Waals surface area contributed by atoms with E-state index in [4.69, 9.17) is 5.73 Å². The normalized spacial score (nSPS) is 15.6. The van der Waals surface area contributed by atoms with Crippen LogP contribution in [0.3, 0.4) is 0 Å².